The monoisotopic (exact) mass is 424 g/mol. The van der Waals surface area contributed by atoms with Gasteiger partial charge in [-0.25, -0.2) is 4.98 Å². The number of hydrogen-bond donors (Lipinski definition) is 0. The molecule has 4 aromatic rings. The van der Waals surface area contributed by atoms with E-state index < -0.39 is 11.9 Å². The molecule has 3 heterocycles. The molecule has 0 fully saturated rings. The average molecular weight is 425 g/mol. The Kier molecular flexibility index (Phi) is 4.15. The maximum absolute atomic E-state index is 13.5. The Morgan fingerprint density at radius 3 is 2.79 bits per heavy atom. The Morgan fingerprint density at radius 2 is 2.03 bits per heavy atom. The van der Waals surface area contributed by atoms with Crippen LogP contribution in [0, 0.1) is 0 Å². The largest absolute Gasteiger partial charge is 0.496 e. The zero-order chi connectivity index (χ0) is 20.1. The van der Waals surface area contributed by atoms with E-state index in [1.165, 1.54) is 16.2 Å². The predicted molar refractivity (Wildman–Crippen MR) is 111 cm³/mol. The number of carbonyl (C=O) groups is 1. The highest BCUT2D eigenvalue weighted by Gasteiger charge is 2.45. The lowest BCUT2D eigenvalue weighted by atomic mass is 9.98. The van der Waals surface area contributed by atoms with Gasteiger partial charge in [0.05, 0.1) is 18.1 Å². The maximum Gasteiger partial charge on any atom is 0.297 e. The molecule has 0 saturated carbocycles. The number of rotatable bonds is 3. The number of aromatic nitrogens is 1. The molecule has 2 aromatic carbocycles. The number of benzene rings is 2. The second-order valence-electron chi connectivity index (χ2n) is 6.45. The van der Waals surface area contributed by atoms with Crippen LogP contribution in [-0.2, 0) is 0 Å². The first kappa shape index (κ1) is 17.9. The Labute approximate surface area is 173 Å². The third-order valence-corrected chi connectivity index (χ3v) is 5.90. The number of methoxy groups -OCH3 is 1. The minimum absolute atomic E-state index is 0.0101. The van der Waals surface area contributed by atoms with Gasteiger partial charge in [0.1, 0.15) is 17.4 Å². The number of halogens is 1. The lowest BCUT2D eigenvalue weighted by Crippen LogP contribution is -2.29. The smallest absolute Gasteiger partial charge is 0.297 e. The molecule has 1 amide bonds. The molecule has 0 aliphatic carbocycles. The summed E-state index contributed by atoms with van der Waals surface area (Å²) in [5, 5.41) is 2.99. The van der Waals surface area contributed by atoms with Gasteiger partial charge < -0.3 is 9.15 Å². The molecule has 8 heteroatoms. The van der Waals surface area contributed by atoms with E-state index in [9.17, 15) is 9.59 Å². The van der Waals surface area contributed by atoms with E-state index in [-0.39, 0.29) is 16.8 Å². The van der Waals surface area contributed by atoms with E-state index in [1.54, 1.807) is 43.0 Å². The quantitative estimate of drug-likeness (QED) is 0.478. The molecular formula is C21H13ClN2O4S. The van der Waals surface area contributed by atoms with Gasteiger partial charge in [-0.2, -0.15) is 0 Å². The normalized spacial score (nSPS) is 15.7. The number of nitrogens with zero attached hydrogens (tertiary/aromatic N) is 2. The first-order chi connectivity index (χ1) is 14.1. The van der Waals surface area contributed by atoms with Crippen LogP contribution in [0.3, 0.4) is 0 Å². The Morgan fingerprint density at radius 1 is 1.21 bits per heavy atom. The van der Waals surface area contributed by atoms with E-state index >= 15 is 0 Å². The second kappa shape index (κ2) is 6.72. The summed E-state index contributed by atoms with van der Waals surface area (Å²) in [7, 11) is 1.55. The molecule has 0 saturated heterocycles. The molecule has 0 spiro atoms. The van der Waals surface area contributed by atoms with Gasteiger partial charge in [-0.1, -0.05) is 29.8 Å². The third kappa shape index (κ3) is 2.66. The van der Waals surface area contributed by atoms with Crippen molar-refractivity contribution in [1.29, 1.82) is 0 Å². The molecule has 2 aromatic heterocycles. The summed E-state index contributed by atoms with van der Waals surface area (Å²) in [6, 6.07) is 11.3. The summed E-state index contributed by atoms with van der Waals surface area (Å²) in [4.78, 5) is 32.6. The highest BCUT2D eigenvalue weighted by Crippen LogP contribution is 2.44. The van der Waals surface area contributed by atoms with Crippen LogP contribution in [0.1, 0.15) is 27.7 Å². The van der Waals surface area contributed by atoms with Crippen molar-refractivity contribution in [3.8, 4) is 5.75 Å². The van der Waals surface area contributed by atoms with Gasteiger partial charge in [0.2, 0.25) is 5.76 Å². The number of para-hydroxylation sites is 1. The molecule has 1 atom stereocenters. The van der Waals surface area contributed by atoms with Crippen molar-refractivity contribution in [2.45, 2.75) is 6.04 Å². The Bertz CT molecular complexity index is 1320. The fraction of sp³-hybridized carbons (Fsp3) is 0.0952. The van der Waals surface area contributed by atoms with E-state index in [4.69, 9.17) is 20.8 Å². The van der Waals surface area contributed by atoms with Crippen LogP contribution in [0.2, 0.25) is 5.02 Å². The zero-order valence-corrected chi connectivity index (χ0v) is 16.7. The number of fused-ring (bicyclic) bond motifs is 2. The fourth-order valence-corrected chi connectivity index (χ4v) is 4.50. The lowest BCUT2D eigenvalue weighted by Gasteiger charge is -2.24. The van der Waals surface area contributed by atoms with Crippen molar-refractivity contribution < 1.29 is 13.9 Å². The summed E-state index contributed by atoms with van der Waals surface area (Å²) >= 11 is 7.40. The molecular weight excluding hydrogens is 412 g/mol. The van der Waals surface area contributed by atoms with Crippen LogP contribution in [0.4, 0.5) is 5.13 Å². The highest BCUT2D eigenvalue weighted by atomic mass is 35.5. The standard InChI is InChI=1S/C21H13ClN2O4S/c1-27-14-5-3-2-4-12(14)17-16-18(25)13-10-11(22)6-7-15(13)28-19(16)20(26)24(17)21-23-8-9-29-21/h2-10,17H,1H3. The number of hydrogen-bond acceptors (Lipinski definition) is 6. The highest BCUT2D eigenvalue weighted by molar-refractivity contribution is 7.13. The number of amides is 1. The topological polar surface area (TPSA) is 72.6 Å². The Hall–Kier alpha value is -3.16. The minimum Gasteiger partial charge on any atom is -0.496 e. The summed E-state index contributed by atoms with van der Waals surface area (Å²) < 4.78 is 11.4. The van der Waals surface area contributed by atoms with Crippen LogP contribution in [0.25, 0.3) is 11.0 Å². The fourth-order valence-electron chi connectivity index (χ4n) is 3.66. The molecule has 29 heavy (non-hydrogen) atoms. The molecule has 1 aliphatic heterocycles. The van der Waals surface area contributed by atoms with Crippen LogP contribution >= 0.6 is 22.9 Å². The number of thiazole rings is 1. The third-order valence-electron chi connectivity index (χ3n) is 4.89. The molecule has 0 bridgehead atoms. The van der Waals surface area contributed by atoms with Crippen LogP contribution in [0.15, 0.2) is 63.3 Å². The summed E-state index contributed by atoms with van der Waals surface area (Å²) in [5.41, 5.74) is 0.939. The van der Waals surface area contributed by atoms with Crippen molar-refractivity contribution in [1.82, 2.24) is 4.98 Å². The van der Waals surface area contributed by atoms with E-state index in [0.29, 0.717) is 32.4 Å². The van der Waals surface area contributed by atoms with Crippen LogP contribution < -0.4 is 15.1 Å². The molecule has 0 radical (unpaired) electrons. The van der Waals surface area contributed by atoms with E-state index in [1.807, 2.05) is 18.2 Å². The first-order valence-corrected chi connectivity index (χ1v) is 9.98. The van der Waals surface area contributed by atoms with Gasteiger partial charge in [-0.3, -0.25) is 14.5 Å². The minimum atomic E-state index is -0.723. The lowest BCUT2D eigenvalue weighted by molar-refractivity contribution is 0.0971. The van der Waals surface area contributed by atoms with Gasteiger partial charge in [0.15, 0.2) is 10.6 Å². The molecule has 5 rings (SSSR count). The van der Waals surface area contributed by atoms with Gasteiger partial charge in [0.25, 0.3) is 5.91 Å². The summed E-state index contributed by atoms with van der Waals surface area (Å²) in [6.45, 7) is 0. The molecule has 144 valence electrons. The Balaban J connectivity index is 1.86. The second-order valence-corrected chi connectivity index (χ2v) is 7.76. The molecule has 1 aliphatic rings. The van der Waals surface area contributed by atoms with Crippen LogP contribution in [-0.4, -0.2) is 18.0 Å². The summed E-state index contributed by atoms with van der Waals surface area (Å²) in [5.74, 6) is 0.154. The number of ether oxygens (including phenoxy) is 1. The maximum atomic E-state index is 13.5. The van der Waals surface area contributed by atoms with Crippen molar-refractivity contribution in [3.63, 3.8) is 0 Å². The first-order valence-electron chi connectivity index (χ1n) is 8.72. The van der Waals surface area contributed by atoms with E-state index in [0.717, 1.165) is 0 Å². The van der Waals surface area contributed by atoms with Crippen LogP contribution in [0.5, 0.6) is 5.75 Å². The van der Waals surface area contributed by atoms with E-state index in [2.05, 4.69) is 4.98 Å². The van der Waals surface area contributed by atoms with Gasteiger partial charge in [-0.05, 0) is 24.3 Å². The number of anilines is 1. The van der Waals surface area contributed by atoms with Gasteiger partial charge >= 0.3 is 0 Å². The molecule has 0 N–H and O–H groups in total. The molecule has 6 nitrogen and oxygen atoms in total. The average Bonchev–Trinajstić information content (AvgIpc) is 3.35. The van der Waals surface area contributed by atoms with Crippen molar-refractivity contribution in [3.05, 3.63) is 86.2 Å². The van der Waals surface area contributed by atoms with Crippen molar-refractivity contribution in [2.75, 3.05) is 12.0 Å². The van der Waals surface area contributed by atoms with Gasteiger partial charge in [-0.15, -0.1) is 11.3 Å². The predicted octanol–water partition coefficient (Wildman–Crippen LogP) is 4.66. The SMILES string of the molecule is COc1ccccc1C1c2c(oc3ccc(Cl)cc3c2=O)C(=O)N1c1nccs1. The molecule has 1 unspecified atom stereocenters. The van der Waals surface area contributed by atoms with Crippen molar-refractivity contribution in [2.24, 2.45) is 0 Å². The summed E-state index contributed by atoms with van der Waals surface area (Å²) in [6.07, 6.45) is 1.61. The van der Waals surface area contributed by atoms with Crippen molar-refractivity contribution >= 4 is 44.9 Å². The van der Waals surface area contributed by atoms with Gasteiger partial charge in [0, 0.05) is 22.2 Å². The zero-order valence-electron chi connectivity index (χ0n) is 15.1. The number of carbonyl (C=O) groups excluding carboxylic acids is 1.